The number of likely N-dealkylation sites (tertiary alicyclic amines) is 2. The first-order chi connectivity index (χ1) is 18.2. The third-order valence-electron chi connectivity index (χ3n) is 9.66. The van der Waals surface area contributed by atoms with Crippen LogP contribution in [-0.4, -0.2) is 66.6 Å². The van der Waals surface area contributed by atoms with E-state index in [-0.39, 0.29) is 16.9 Å². The van der Waals surface area contributed by atoms with Crippen LogP contribution in [0.4, 0.5) is 18.0 Å². The Morgan fingerprint density at radius 3 is 2.34 bits per heavy atom. The van der Waals surface area contributed by atoms with E-state index in [0.717, 1.165) is 79.9 Å². The number of amides is 2. The van der Waals surface area contributed by atoms with Crippen LogP contribution >= 0.6 is 0 Å². The van der Waals surface area contributed by atoms with E-state index in [1.807, 2.05) is 15.9 Å². The number of aromatic nitrogens is 5. The molecule has 0 unspecified atom stereocenters. The number of hydrogen-bond acceptors (Lipinski definition) is 4. The lowest BCUT2D eigenvalue weighted by atomic mass is 9.56. The smallest absolute Gasteiger partial charge is 0.323 e. The Morgan fingerprint density at radius 1 is 1.00 bits per heavy atom. The number of H-pyrrole nitrogens is 1. The summed E-state index contributed by atoms with van der Waals surface area (Å²) in [7, 11) is 0. The predicted octanol–water partition coefficient (Wildman–Crippen LogP) is 4.60. The van der Waals surface area contributed by atoms with Crippen molar-refractivity contribution in [3.8, 4) is 0 Å². The second kappa shape index (κ2) is 7.51. The summed E-state index contributed by atoms with van der Waals surface area (Å²) in [4.78, 5) is 25.2. The van der Waals surface area contributed by atoms with Crippen LogP contribution in [0.5, 0.6) is 0 Å². The number of fused-ring (bicyclic) bond motifs is 1. The molecule has 0 atom stereocenters. The molecule has 3 aromatic heterocycles. The minimum atomic E-state index is -4.47. The lowest BCUT2D eigenvalue weighted by Gasteiger charge is -2.63. The Bertz CT molecular complexity index is 1410. The van der Waals surface area contributed by atoms with E-state index in [2.05, 4.69) is 15.2 Å². The van der Waals surface area contributed by atoms with Crippen molar-refractivity contribution in [2.75, 3.05) is 26.2 Å². The average molecular weight is 526 g/mol. The number of carbonyl (C=O) groups excluding carboxylic acids is 1. The van der Waals surface area contributed by atoms with Gasteiger partial charge in [0, 0.05) is 55.0 Å². The summed E-state index contributed by atoms with van der Waals surface area (Å²) in [6, 6.07) is 3.77. The number of rotatable bonds is 4. The van der Waals surface area contributed by atoms with Crippen molar-refractivity contribution >= 4 is 11.5 Å². The summed E-state index contributed by atoms with van der Waals surface area (Å²) in [6.07, 6.45) is 5.73. The highest BCUT2D eigenvalue weighted by Crippen LogP contribution is 2.57. The van der Waals surface area contributed by atoms with Gasteiger partial charge in [0.25, 0.3) is 0 Å². The Morgan fingerprint density at radius 2 is 1.68 bits per heavy atom. The maximum atomic E-state index is 13.2. The van der Waals surface area contributed by atoms with Gasteiger partial charge in [0.1, 0.15) is 5.82 Å². The van der Waals surface area contributed by atoms with Crippen LogP contribution in [0.25, 0.3) is 5.52 Å². The first-order valence-electron chi connectivity index (χ1n) is 13.7. The molecule has 0 aromatic carbocycles. The first kappa shape index (κ1) is 22.8. The van der Waals surface area contributed by atoms with E-state index in [9.17, 15) is 18.0 Å². The molecule has 0 bridgehead atoms. The van der Waals surface area contributed by atoms with Gasteiger partial charge in [0.05, 0.1) is 11.7 Å². The Balaban J connectivity index is 0.804. The maximum Gasteiger partial charge on any atom is 0.450 e. The number of halogens is 3. The molecule has 2 aliphatic heterocycles. The Kier molecular flexibility index (Phi) is 4.51. The van der Waals surface area contributed by atoms with Crippen LogP contribution in [0.15, 0.2) is 24.5 Å². The third kappa shape index (κ3) is 3.56. The van der Waals surface area contributed by atoms with Gasteiger partial charge in [-0.15, -0.1) is 0 Å². The molecule has 11 heteroatoms. The van der Waals surface area contributed by atoms with Gasteiger partial charge >= 0.3 is 12.2 Å². The van der Waals surface area contributed by atoms with E-state index in [0.29, 0.717) is 23.3 Å². The summed E-state index contributed by atoms with van der Waals surface area (Å²) in [5.74, 6) is 2.58. The standard InChI is InChI=1S/C27H30F3N7O/c28-27(29,30)23-31-10-20-4-1-16(11-37(20)23)5-17-6-25(7-17)12-35(13-25)24(38)36-14-26(15-36)8-19(9-26)22-32-21(33-34-22)18-2-3-18/h1,4,10-11,17-19H,2-3,5-9,12-15H2,(H,32,33,34). The van der Waals surface area contributed by atoms with Crippen molar-refractivity contribution in [1.29, 1.82) is 0 Å². The number of nitrogens with zero attached hydrogens (tertiary/aromatic N) is 6. The molecule has 1 N–H and O–H groups in total. The first-order valence-corrected chi connectivity index (χ1v) is 13.7. The fraction of sp³-hybridized carbons (Fsp3) is 0.630. The fourth-order valence-corrected chi connectivity index (χ4v) is 7.70. The lowest BCUT2D eigenvalue weighted by Crippen LogP contribution is -2.70. The summed E-state index contributed by atoms with van der Waals surface area (Å²) < 4.78 is 40.8. The van der Waals surface area contributed by atoms with Crippen molar-refractivity contribution < 1.29 is 18.0 Å². The maximum absolute atomic E-state index is 13.2. The van der Waals surface area contributed by atoms with Crippen molar-refractivity contribution in [2.24, 2.45) is 16.7 Å². The highest BCUT2D eigenvalue weighted by molar-refractivity contribution is 5.77. The van der Waals surface area contributed by atoms with Gasteiger partial charge in [-0.2, -0.15) is 18.3 Å². The molecule has 3 aromatic rings. The number of carbonyl (C=O) groups is 1. The van der Waals surface area contributed by atoms with Gasteiger partial charge in [-0.25, -0.2) is 14.8 Å². The van der Waals surface area contributed by atoms with Gasteiger partial charge in [-0.3, -0.25) is 9.50 Å². The van der Waals surface area contributed by atoms with E-state index in [4.69, 9.17) is 4.98 Å². The van der Waals surface area contributed by atoms with Crippen LogP contribution in [-0.2, 0) is 12.6 Å². The number of nitrogens with one attached hydrogen (secondary N) is 1. The van der Waals surface area contributed by atoms with Crippen molar-refractivity contribution in [2.45, 2.75) is 63.0 Å². The monoisotopic (exact) mass is 525 g/mol. The number of alkyl halides is 3. The third-order valence-corrected chi connectivity index (χ3v) is 9.66. The van der Waals surface area contributed by atoms with Crippen LogP contribution in [0, 0.1) is 16.7 Å². The largest absolute Gasteiger partial charge is 0.450 e. The van der Waals surface area contributed by atoms with E-state index >= 15 is 0 Å². The molecule has 3 aliphatic carbocycles. The Hall–Kier alpha value is -3.11. The number of pyridine rings is 1. The molecule has 2 spiro atoms. The second-order valence-electron chi connectivity index (χ2n) is 12.8. The average Bonchev–Trinajstić information content (AvgIpc) is 3.33. The van der Waals surface area contributed by atoms with Crippen LogP contribution in [0.3, 0.4) is 0 Å². The predicted molar refractivity (Wildman–Crippen MR) is 130 cm³/mol. The molecule has 2 saturated heterocycles. The molecule has 5 heterocycles. The van der Waals surface area contributed by atoms with Gasteiger partial charge in [0.15, 0.2) is 5.82 Å². The number of hydrogen-bond donors (Lipinski definition) is 1. The molecule has 8 rings (SSSR count). The summed E-state index contributed by atoms with van der Waals surface area (Å²) in [6.45, 7) is 3.28. The summed E-state index contributed by atoms with van der Waals surface area (Å²) in [5.41, 5.74) is 1.80. The van der Waals surface area contributed by atoms with Gasteiger partial charge in [-0.1, -0.05) is 6.07 Å². The number of urea groups is 1. The summed E-state index contributed by atoms with van der Waals surface area (Å²) >= 11 is 0. The molecule has 5 fully saturated rings. The van der Waals surface area contributed by atoms with E-state index in [1.54, 1.807) is 12.3 Å². The highest BCUT2D eigenvalue weighted by atomic mass is 19.4. The zero-order valence-electron chi connectivity index (χ0n) is 21.0. The SMILES string of the molecule is O=C(N1CC2(CC(Cc3ccc4cnc(C(F)(F)F)n4c3)C2)C1)N1CC2(CC(c3n[nH]c(C4CC4)n3)C2)C1. The van der Waals surface area contributed by atoms with Crippen molar-refractivity contribution in [3.05, 3.63) is 47.6 Å². The zero-order chi connectivity index (χ0) is 25.9. The van der Waals surface area contributed by atoms with E-state index < -0.39 is 12.0 Å². The van der Waals surface area contributed by atoms with Crippen LogP contribution < -0.4 is 0 Å². The summed E-state index contributed by atoms with van der Waals surface area (Å²) in [5, 5.41) is 7.55. The highest BCUT2D eigenvalue weighted by Gasteiger charge is 2.58. The second-order valence-corrected chi connectivity index (χ2v) is 12.8. The molecule has 3 saturated carbocycles. The van der Waals surface area contributed by atoms with Crippen LogP contribution in [0.1, 0.15) is 73.4 Å². The van der Waals surface area contributed by atoms with E-state index in [1.165, 1.54) is 19.0 Å². The fourth-order valence-electron chi connectivity index (χ4n) is 7.70. The molecule has 0 radical (unpaired) electrons. The zero-order valence-corrected chi connectivity index (χ0v) is 21.0. The van der Waals surface area contributed by atoms with Crippen molar-refractivity contribution in [1.82, 2.24) is 34.4 Å². The number of aromatic amines is 1. The van der Waals surface area contributed by atoms with Gasteiger partial charge in [-0.05, 0) is 62.5 Å². The molecule has 8 nitrogen and oxygen atoms in total. The molecular weight excluding hydrogens is 495 g/mol. The molecule has 200 valence electrons. The quantitative estimate of drug-likeness (QED) is 0.540. The minimum Gasteiger partial charge on any atom is -0.323 e. The Labute approximate surface area is 217 Å². The molecule has 2 amide bonds. The lowest BCUT2D eigenvalue weighted by molar-refractivity contribution is -0.145. The molecule has 5 aliphatic rings. The molecular formula is C27H30F3N7O. The normalized spacial score (nSPS) is 24.4. The van der Waals surface area contributed by atoms with Crippen molar-refractivity contribution in [3.63, 3.8) is 0 Å². The van der Waals surface area contributed by atoms with Gasteiger partial charge in [0.2, 0.25) is 5.82 Å². The topological polar surface area (TPSA) is 82.4 Å². The minimum absolute atomic E-state index is 0.160. The van der Waals surface area contributed by atoms with Crippen LogP contribution in [0.2, 0.25) is 0 Å². The molecule has 38 heavy (non-hydrogen) atoms. The van der Waals surface area contributed by atoms with Gasteiger partial charge < -0.3 is 9.80 Å². The number of imidazole rings is 1.